The first-order valence-corrected chi connectivity index (χ1v) is 4.20. The van der Waals surface area contributed by atoms with Gasteiger partial charge in [-0.25, -0.2) is 0 Å². The van der Waals surface area contributed by atoms with E-state index in [4.69, 9.17) is 5.26 Å². The Morgan fingerprint density at radius 2 is 2.09 bits per heavy atom. The zero-order valence-electron chi connectivity index (χ0n) is 7.94. The third kappa shape index (κ3) is 4.00. The molecule has 0 rings (SSSR count). The Morgan fingerprint density at radius 1 is 1.55 bits per heavy atom. The van der Waals surface area contributed by atoms with Gasteiger partial charge < -0.3 is 0 Å². The molecule has 11 heavy (non-hydrogen) atoms. The van der Waals surface area contributed by atoms with Crippen LogP contribution < -0.4 is 5.32 Å². The van der Waals surface area contributed by atoms with Crippen LogP contribution in [0.2, 0.25) is 0 Å². The van der Waals surface area contributed by atoms with E-state index in [2.05, 4.69) is 25.2 Å². The molecule has 1 atom stereocenters. The zero-order valence-corrected chi connectivity index (χ0v) is 7.94. The number of hydrogen-bond acceptors (Lipinski definition) is 2. The van der Waals surface area contributed by atoms with Gasteiger partial charge in [-0.3, -0.25) is 5.32 Å². The Kier molecular flexibility index (Phi) is 4.14. The highest BCUT2D eigenvalue weighted by Crippen LogP contribution is 2.14. The van der Waals surface area contributed by atoms with Crippen molar-refractivity contribution in [3.63, 3.8) is 0 Å². The van der Waals surface area contributed by atoms with Crippen molar-refractivity contribution >= 4 is 0 Å². The van der Waals surface area contributed by atoms with Crippen LogP contribution in [-0.4, -0.2) is 12.1 Å². The summed E-state index contributed by atoms with van der Waals surface area (Å²) >= 11 is 0. The molecule has 0 aromatic rings. The third-order valence-corrected chi connectivity index (χ3v) is 1.63. The average molecular weight is 154 g/mol. The molecule has 64 valence electrons. The second kappa shape index (κ2) is 4.35. The average Bonchev–Trinajstić information content (AvgIpc) is 1.87. The first-order valence-electron chi connectivity index (χ1n) is 4.20. The molecule has 0 aliphatic heterocycles. The van der Waals surface area contributed by atoms with Crippen molar-refractivity contribution in [2.45, 2.75) is 39.7 Å². The number of nitrogens with one attached hydrogen (secondary N) is 1. The molecule has 0 spiro atoms. The molecule has 0 aliphatic rings. The Bertz CT molecular complexity index is 146. The van der Waals surface area contributed by atoms with Crippen LogP contribution in [0.15, 0.2) is 0 Å². The van der Waals surface area contributed by atoms with Crippen LogP contribution in [0.4, 0.5) is 0 Å². The summed E-state index contributed by atoms with van der Waals surface area (Å²) in [6.07, 6.45) is 0.914. The van der Waals surface area contributed by atoms with Gasteiger partial charge in [0.15, 0.2) is 0 Å². The lowest BCUT2D eigenvalue weighted by molar-refractivity contribution is 0.372. The normalized spacial score (nSPS) is 16.0. The van der Waals surface area contributed by atoms with Crippen molar-refractivity contribution in [3.8, 4) is 6.07 Å². The molecule has 0 saturated carbocycles. The van der Waals surface area contributed by atoms with Gasteiger partial charge in [-0.1, -0.05) is 20.8 Å². The molecular weight excluding hydrogens is 136 g/mol. The summed E-state index contributed by atoms with van der Waals surface area (Å²) in [5, 5.41) is 12.0. The molecule has 1 N–H and O–H groups in total. The minimum absolute atomic E-state index is 0.330. The van der Waals surface area contributed by atoms with Crippen molar-refractivity contribution in [1.29, 1.82) is 5.26 Å². The quantitative estimate of drug-likeness (QED) is 0.671. The number of rotatable bonds is 4. The molecule has 0 amide bonds. The summed E-state index contributed by atoms with van der Waals surface area (Å²) in [5.41, 5.74) is -0.330. The van der Waals surface area contributed by atoms with Crippen LogP contribution in [-0.2, 0) is 0 Å². The lowest BCUT2D eigenvalue weighted by atomic mass is 9.92. The minimum Gasteiger partial charge on any atom is -0.300 e. The maximum Gasteiger partial charge on any atom is 0.104 e. The Hall–Kier alpha value is -0.550. The predicted molar refractivity (Wildman–Crippen MR) is 47.1 cm³/mol. The monoisotopic (exact) mass is 154 g/mol. The van der Waals surface area contributed by atoms with Gasteiger partial charge in [-0.2, -0.15) is 5.26 Å². The van der Waals surface area contributed by atoms with E-state index in [-0.39, 0.29) is 5.54 Å². The molecule has 0 heterocycles. The van der Waals surface area contributed by atoms with Crippen molar-refractivity contribution < 1.29 is 0 Å². The Labute approximate surface area is 69.6 Å². The summed E-state index contributed by atoms with van der Waals surface area (Å²) in [5.74, 6) is 0.568. The molecule has 0 bridgehead atoms. The van der Waals surface area contributed by atoms with E-state index in [9.17, 15) is 0 Å². The minimum atomic E-state index is -0.330. The van der Waals surface area contributed by atoms with Gasteiger partial charge in [-0.05, 0) is 25.8 Å². The van der Waals surface area contributed by atoms with Crippen LogP contribution in [0.5, 0.6) is 0 Å². The van der Waals surface area contributed by atoms with E-state index in [0.29, 0.717) is 5.92 Å². The van der Waals surface area contributed by atoms with Crippen LogP contribution in [0, 0.1) is 17.2 Å². The molecule has 0 fully saturated rings. The molecule has 0 saturated heterocycles. The molecule has 0 radical (unpaired) electrons. The van der Waals surface area contributed by atoms with Crippen LogP contribution in [0.25, 0.3) is 0 Å². The Morgan fingerprint density at radius 3 is 2.36 bits per heavy atom. The standard InChI is InChI=1S/C9H18N2/c1-5-11-9(4,7-10)6-8(2)3/h8,11H,5-6H2,1-4H3. The highest BCUT2D eigenvalue weighted by Gasteiger charge is 2.22. The van der Waals surface area contributed by atoms with E-state index in [1.54, 1.807) is 0 Å². The summed E-state index contributed by atoms with van der Waals surface area (Å²) < 4.78 is 0. The number of nitriles is 1. The second-order valence-corrected chi connectivity index (χ2v) is 3.57. The lowest BCUT2D eigenvalue weighted by Gasteiger charge is -2.24. The molecule has 0 aromatic heterocycles. The van der Waals surface area contributed by atoms with Gasteiger partial charge in [0.25, 0.3) is 0 Å². The van der Waals surface area contributed by atoms with Gasteiger partial charge in [0.1, 0.15) is 5.54 Å². The first kappa shape index (κ1) is 10.4. The zero-order chi connectivity index (χ0) is 8.91. The molecule has 2 nitrogen and oxygen atoms in total. The van der Waals surface area contributed by atoms with Crippen LogP contribution in [0.1, 0.15) is 34.1 Å². The van der Waals surface area contributed by atoms with Gasteiger partial charge in [0.05, 0.1) is 6.07 Å². The molecular formula is C9H18N2. The van der Waals surface area contributed by atoms with E-state index in [1.807, 2.05) is 13.8 Å². The fourth-order valence-electron chi connectivity index (χ4n) is 1.36. The SMILES string of the molecule is CCNC(C)(C#N)CC(C)C. The molecule has 1 unspecified atom stereocenters. The smallest absolute Gasteiger partial charge is 0.104 e. The van der Waals surface area contributed by atoms with E-state index in [1.165, 1.54) is 0 Å². The Balaban J connectivity index is 4.02. The number of nitrogens with zero attached hydrogens (tertiary/aromatic N) is 1. The highest BCUT2D eigenvalue weighted by atomic mass is 14.9. The second-order valence-electron chi connectivity index (χ2n) is 3.57. The molecule has 2 heteroatoms. The summed E-state index contributed by atoms with van der Waals surface area (Å²) in [6.45, 7) is 9.10. The highest BCUT2D eigenvalue weighted by molar-refractivity contribution is 5.03. The van der Waals surface area contributed by atoms with Gasteiger partial charge in [0.2, 0.25) is 0 Å². The van der Waals surface area contributed by atoms with Crippen LogP contribution in [0.3, 0.4) is 0 Å². The summed E-state index contributed by atoms with van der Waals surface area (Å²) in [7, 11) is 0. The van der Waals surface area contributed by atoms with Crippen molar-refractivity contribution in [1.82, 2.24) is 5.32 Å². The molecule has 0 aliphatic carbocycles. The van der Waals surface area contributed by atoms with Crippen LogP contribution >= 0.6 is 0 Å². The van der Waals surface area contributed by atoms with Gasteiger partial charge in [-0.15, -0.1) is 0 Å². The first-order chi connectivity index (χ1) is 5.04. The van der Waals surface area contributed by atoms with E-state index < -0.39 is 0 Å². The van der Waals surface area contributed by atoms with Gasteiger partial charge in [0, 0.05) is 0 Å². The van der Waals surface area contributed by atoms with Gasteiger partial charge >= 0.3 is 0 Å². The largest absolute Gasteiger partial charge is 0.300 e. The van der Waals surface area contributed by atoms with Crippen molar-refractivity contribution in [2.75, 3.05) is 6.54 Å². The summed E-state index contributed by atoms with van der Waals surface area (Å²) in [6, 6.07) is 2.30. The summed E-state index contributed by atoms with van der Waals surface area (Å²) in [4.78, 5) is 0. The van der Waals surface area contributed by atoms with Crippen molar-refractivity contribution in [3.05, 3.63) is 0 Å². The van der Waals surface area contributed by atoms with E-state index in [0.717, 1.165) is 13.0 Å². The van der Waals surface area contributed by atoms with E-state index >= 15 is 0 Å². The lowest BCUT2D eigenvalue weighted by Crippen LogP contribution is -2.41. The maximum absolute atomic E-state index is 8.85. The number of hydrogen-bond donors (Lipinski definition) is 1. The maximum atomic E-state index is 8.85. The fourth-order valence-corrected chi connectivity index (χ4v) is 1.36. The topological polar surface area (TPSA) is 35.8 Å². The fraction of sp³-hybridized carbons (Fsp3) is 0.889. The van der Waals surface area contributed by atoms with Crippen molar-refractivity contribution in [2.24, 2.45) is 5.92 Å². The third-order valence-electron chi connectivity index (χ3n) is 1.63. The predicted octanol–water partition coefficient (Wildman–Crippen LogP) is 1.92. The molecule has 0 aromatic carbocycles.